The standard InChI is InChI=1S/C20H23N3O2S/c24-20(21-8-7-16-15-26-19-6-2-1-5-18(16)19)23-11-9-22(10-12-23)14-17-4-3-13-25-17/h1-6,13,15H,7-12,14H2,(H,21,24). The van der Waals surface area contributed by atoms with Gasteiger partial charge in [0.1, 0.15) is 5.76 Å². The van der Waals surface area contributed by atoms with Crippen molar-refractivity contribution in [2.24, 2.45) is 0 Å². The van der Waals surface area contributed by atoms with Gasteiger partial charge in [0.15, 0.2) is 0 Å². The summed E-state index contributed by atoms with van der Waals surface area (Å²) in [5, 5.41) is 6.57. The molecule has 0 aliphatic carbocycles. The number of fused-ring (bicyclic) bond motifs is 1. The monoisotopic (exact) mass is 369 g/mol. The van der Waals surface area contributed by atoms with Gasteiger partial charge in [0, 0.05) is 37.4 Å². The van der Waals surface area contributed by atoms with Crippen LogP contribution in [0.4, 0.5) is 4.79 Å². The Balaban J connectivity index is 1.22. The molecule has 0 atom stereocenters. The lowest BCUT2D eigenvalue weighted by atomic mass is 10.1. The van der Waals surface area contributed by atoms with Crippen LogP contribution in [0.15, 0.2) is 52.5 Å². The number of nitrogens with zero attached hydrogens (tertiary/aromatic N) is 2. The van der Waals surface area contributed by atoms with E-state index in [0.717, 1.165) is 44.9 Å². The Bertz CT molecular complexity index is 851. The molecule has 26 heavy (non-hydrogen) atoms. The number of hydrogen-bond acceptors (Lipinski definition) is 4. The Morgan fingerprint density at radius 3 is 2.77 bits per heavy atom. The third-order valence-corrected chi connectivity index (χ3v) is 5.86. The minimum atomic E-state index is 0.0437. The van der Waals surface area contributed by atoms with Gasteiger partial charge in [-0.3, -0.25) is 4.90 Å². The van der Waals surface area contributed by atoms with Crippen LogP contribution in [0.3, 0.4) is 0 Å². The van der Waals surface area contributed by atoms with Gasteiger partial charge in [-0.05, 0) is 40.9 Å². The van der Waals surface area contributed by atoms with Crippen molar-refractivity contribution in [1.82, 2.24) is 15.1 Å². The summed E-state index contributed by atoms with van der Waals surface area (Å²) in [6.45, 7) is 4.76. The number of benzene rings is 1. The molecule has 5 nitrogen and oxygen atoms in total. The van der Waals surface area contributed by atoms with E-state index in [9.17, 15) is 4.79 Å². The number of furan rings is 1. The van der Waals surface area contributed by atoms with Crippen LogP contribution >= 0.6 is 11.3 Å². The van der Waals surface area contributed by atoms with Crippen LogP contribution in [0, 0.1) is 0 Å². The van der Waals surface area contributed by atoms with E-state index in [1.165, 1.54) is 15.6 Å². The highest BCUT2D eigenvalue weighted by Crippen LogP contribution is 2.25. The summed E-state index contributed by atoms with van der Waals surface area (Å²) in [7, 11) is 0. The number of rotatable bonds is 5. The third-order valence-electron chi connectivity index (χ3n) is 4.85. The zero-order valence-electron chi connectivity index (χ0n) is 14.7. The van der Waals surface area contributed by atoms with E-state index in [-0.39, 0.29) is 6.03 Å². The number of hydrogen-bond donors (Lipinski definition) is 1. The number of urea groups is 1. The van der Waals surface area contributed by atoms with Crippen LogP contribution in [-0.4, -0.2) is 48.6 Å². The van der Waals surface area contributed by atoms with Crippen molar-refractivity contribution in [3.8, 4) is 0 Å². The number of piperazine rings is 1. The summed E-state index contributed by atoms with van der Waals surface area (Å²) >= 11 is 1.77. The van der Waals surface area contributed by atoms with Crippen LogP contribution in [-0.2, 0) is 13.0 Å². The van der Waals surface area contributed by atoms with E-state index >= 15 is 0 Å². The highest BCUT2D eigenvalue weighted by molar-refractivity contribution is 7.17. The molecular weight excluding hydrogens is 346 g/mol. The molecular formula is C20H23N3O2S. The first-order valence-electron chi connectivity index (χ1n) is 9.02. The lowest BCUT2D eigenvalue weighted by Gasteiger charge is -2.34. The smallest absolute Gasteiger partial charge is 0.317 e. The summed E-state index contributed by atoms with van der Waals surface area (Å²) in [4.78, 5) is 16.6. The lowest BCUT2D eigenvalue weighted by molar-refractivity contribution is 0.130. The van der Waals surface area contributed by atoms with Crippen molar-refractivity contribution in [2.45, 2.75) is 13.0 Å². The molecule has 1 N–H and O–H groups in total. The Morgan fingerprint density at radius 2 is 1.96 bits per heavy atom. The molecule has 136 valence electrons. The van der Waals surface area contributed by atoms with Crippen molar-refractivity contribution >= 4 is 27.5 Å². The minimum Gasteiger partial charge on any atom is -0.468 e. The molecule has 1 saturated heterocycles. The second-order valence-electron chi connectivity index (χ2n) is 6.58. The molecule has 1 aromatic carbocycles. The van der Waals surface area contributed by atoms with Crippen molar-refractivity contribution in [3.63, 3.8) is 0 Å². The fourth-order valence-electron chi connectivity index (χ4n) is 3.37. The van der Waals surface area contributed by atoms with E-state index in [4.69, 9.17) is 4.42 Å². The van der Waals surface area contributed by atoms with Crippen molar-refractivity contribution < 1.29 is 9.21 Å². The van der Waals surface area contributed by atoms with Crippen LogP contribution in [0.5, 0.6) is 0 Å². The van der Waals surface area contributed by atoms with Gasteiger partial charge in [-0.1, -0.05) is 18.2 Å². The Hall–Kier alpha value is -2.31. The Kier molecular flexibility index (Phi) is 5.22. The first-order valence-corrected chi connectivity index (χ1v) is 9.90. The molecule has 0 unspecified atom stereocenters. The van der Waals surface area contributed by atoms with Crippen LogP contribution in [0.2, 0.25) is 0 Å². The van der Waals surface area contributed by atoms with Gasteiger partial charge in [-0.15, -0.1) is 11.3 Å². The van der Waals surface area contributed by atoms with Crippen LogP contribution in [0.1, 0.15) is 11.3 Å². The summed E-state index contributed by atoms with van der Waals surface area (Å²) in [6.07, 6.45) is 2.57. The van der Waals surface area contributed by atoms with E-state index in [2.05, 4.69) is 39.9 Å². The Labute approximate surface area is 157 Å². The van der Waals surface area contributed by atoms with Gasteiger partial charge in [0.05, 0.1) is 12.8 Å². The maximum Gasteiger partial charge on any atom is 0.317 e. The molecule has 0 radical (unpaired) electrons. The zero-order chi connectivity index (χ0) is 17.8. The summed E-state index contributed by atoms with van der Waals surface area (Å²) in [5.74, 6) is 0.978. The second-order valence-corrected chi connectivity index (χ2v) is 7.49. The van der Waals surface area contributed by atoms with Crippen molar-refractivity contribution in [3.05, 3.63) is 59.4 Å². The molecule has 2 aromatic heterocycles. The highest BCUT2D eigenvalue weighted by atomic mass is 32.1. The van der Waals surface area contributed by atoms with E-state index in [1.54, 1.807) is 17.6 Å². The molecule has 3 heterocycles. The summed E-state index contributed by atoms with van der Waals surface area (Å²) in [5.41, 5.74) is 1.31. The van der Waals surface area contributed by atoms with E-state index in [1.807, 2.05) is 17.0 Å². The number of carbonyl (C=O) groups excluding carboxylic acids is 1. The molecule has 3 aromatic rings. The predicted octanol–water partition coefficient (Wildman–Crippen LogP) is 3.56. The average molecular weight is 369 g/mol. The van der Waals surface area contributed by atoms with Gasteiger partial charge in [-0.2, -0.15) is 0 Å². The normalized spacial score (nSPS) is 15.5. The fourth-order valence-corrected chi connectivity index (χ4v) is 4.37. The number of thiophene rings is 1. The molecule has 1 aliphatic heterocycles. The van der Waals surface area contributed by atoms with Gasteiger partial charge in [0.2, 0.25) is 0 Å². The van der Waals surface area contributed by atoms with Gasteiger partial charge in [-0.25, -0.2) is 4.79 Å². The maximum absolute atomic E-state index is 12.4. The maximum atomic E-state index is 12.4. The topological polar surface area (TPSA) is 48.7 Å². The van der Waals surface area contributed by atoms with E-state index < -0.39 is 0 Å². The first kappa shape index (κ1) is 17.1. The summed E-state index contributed by atoms with van der Waals surface area (Å²) in [6, 6.07) is 12.4. The Morgan fingerprint density at radius 1 is 1.12 bits per heavy atom. The minimum absolute atomic E-state index is 0.0437. The van der Waals surface area contributed by atoms with Crippen LogP contribution < -0.4 is 5.32 Å². The molecule has 0 spiro atoms. The van der Waals surface area contributed by atoms with Crippen molar-refractivity contribution in [2.75, 3.05) is 32.7 Å². The number of carbonyl (C=O) groups is 1. The summed E-state index contributed by atoms with van der Waals surface area (Å²) < 4.78 is 6.70. The third kappa shape index (κ3) is 3.92. The molecule has 4 rings (SSSR count). The van der Waals surface area contributed by atoms with Gasteiger partial charge < -0.3 is 14.6 Å². The largest absolute Gasteiger partial charge is 0.468 e. The molecule has 0 bridgehead atoms. The quantitative estimate of drug-likeness (QED) is 0.748. The number of amides is 2. The second kappa shape index (κ2) is 7.93. The molecule has 1 aliphatic rings. The zero-order valence-corrected chi connectivity index (χ0v) is 15.5. The fraction of sp³-hybridized carbons (Fsp3) is 0.350. The molecule has 6 heteroatoms. The van der Waals surface area contributed by atoms with Crippen molar-refractivity contribution in [1.29, 1.82) is 0 Å². The highest BCUT2D eigenvalue weighted by Gasteiger charge is 2.21. The lowest BCUT2D eigenvalue weighted by Crippen LogP contribution is -2.51. The van der Waals surface area contributed by atoms with Crippen LogP contribution in [0.25, 0.3) is 10.1 Å². The molecule has 0 saturated carbocycles. The number of nitrogens with one attached hydrogen (secondary N) is 1. The predicted molar refractivity (Wildman–Crippen MR) is 104 cm³/mol. The molecule has 2 amide bonds. The SMILES string of the molecule is O=C(NCCc1csc2ccccc12)N1CCN(Cc2ccco2)CC1. The van der Waals surface area contributed by atoms with Gasteiger partial charge in [0.25, 0.3) is 0 Å². The van der Waals surface area contributed by atoms with E-state index in [0.29, 0.717) is 6.54 Å². The first-order chi connectivity index (χ1) is 12.8. The van der Waals surface area contributed by atoms with Gasteiger partial charge >= 0.3 is 6.03 Å². The average Bonchev–Trinajstić information content (AvgIpc) is 3.32. The molecule has 1 fully saturated rings.